The number of aryl methyl sites for hydroxylation is 2. The lowest BCUT2D eigenvalue weighted by atomic mass is 10.1. The van der Waals surface area contributed by atoms with Crippen LogP contribution in [0.4, 0.5) is 11.4 Å². The first-order chi connectivity index (χ1) is 11.1. The van der Waals surface area contributed by atoms with Crippen molar-refractivity contribution < 1.29 is 4.79 Å². The van der Waals surface area contributed by atoms with E-state index in [9.17, 15) is 4.79 Å². The van der Waals surface area contributed by atoms with Gasteiger partial charge in [0.15, 0.2) is 0 Å². The molecule has 1 aromatic heterocycles. The van der Waals surface area contributed by atoms with Gasteiger partial charge < -0.3 is 10.6 Å². The largest absolute Gasteiger partial charge is 0.354 e. The fourth-order valence-corrected chi connectivity index (χ4v) is 2.42. The third-order valence-corrected chi connectivity index (χ3v) is 3.73. The summed E-state index contributed by atoms with van der Waals surface area (Å²) >= 11 is 0. The molecule has 0 spiro atoms. The second-order valence-electron chi connectivity index (χ2n) is 5.87. The van der Waals surface area contributed by atoms with Crippen LogP contribution in [0.5, 0.6) is 0 Å². The minimum Gasteiger partial charge on any atom is -0.354 e. The fraction of sp³-hybridized carbons (Fsp3) is 0.368. The number of nitrogens with zero attached hydrogens (tertiary/aromatic N) is 1. The van der Waals surface area contributed by atoms with E-state index in [2.05, 4.69) is 48.5 Å². The Labute approximate surface area is 138 Å². The van der Waals surface area contributed by atoms with Gasteiger partial charge in [-0.3, -0.25) is 9.78 Å². The van der Waals surface area contributed by atoms with Crippen molar-refractivity contribution in [3.05, 3.63) is 53.3 Å². The molecule has 0 bridgehead atoms. The molecular formula is C19H25N3O. The average Bonchev–Trinajstić information content (AvgIpc) is 2.54. The van der Waals surface area contributed by atoms with Crippen molar-refractivity contribution >= 4 is 17.3 Å². The Morgan fingerprint density at radius 1 is 1.13 bits per heavy atom. The molecule has 0 saturated heterocycles. The summed E-state index contributed by atoms with van der Waals surface area (Å²) in [6.07, 6.45) is 6.62. The van der Waals surface area contributed by atoms with Gasteiger partial charge in [-0.05, 0) is 38.0 Å². The van der Waals surface area contributed by atoms with Crippen molar-refractivity contribution in [2.24, 2.45) is 0 Å². The number of aromatic nitrogens is 1. The summed E-state index contributed by atoms with van der Waals surface area (Å²) in [5.41, 5.74) is 4.82. The van der Waals surface area contributed by atoms with Gasteiger partial charge in [-0.1, -0.05) is 37.5 Å². The van der Waals surface area contributed by atoms with Crippen LogP contribution in [-0.2, 0) is 0 Å². The van der Waals surface area contributed by atoms with Gasteiger partial charge in [-0.2, -0.15) is 0 Å². The van der Waals surface area contributed by atoms with E-state index in [4.69, 9.17) is 0 Å². The number of hydrogen-bond donors (Lipinski definition) is 2. The number of carbonyl (C=O) groups is 1. The first-order valence-electron chi connectivity index (χ1n) is 8.17. The monoisotopic (exact) mass is 311 g/mol. The van der Waals surface area contributed by atoms with Gasteiger partial charge in [0.2, 0.25) is 0 Å². The normalized spacial score (nSPS) is 10.4. The lowest BCUT2D eigenvalue weighted by Gasteiger charge is -2.11. The smallest absolute Gasteiger partial charge is 0.252 e. The molecule has 1 heterocycles. The molecule has 122 valence electrons. The van der Waals surface area contributed by atoms with Crippen molar-refractivity contribution in [3.8, 4) is 0 Å². The lowest BCUT2D eigenvalue weighted by molar-refractivity contribution is 0.0952. The minimum atomic E-state index is -0.0714. The third kappa shape index (κ3) is 5.09. The number of nitrogens with one attached hydrogen (secondary N) is 2. The maximum atomic E-state index is 12.1. The standard InChI is InChI=1S/C19H25N3O/c1-4-5-6-9-21-19(23)16-11-17(13-20-12-16)22-18-8-7-14(2)10-15(18)3/h7-8,10-13,22H,4-6,9H2,1-3H3,(H,21,23). The summed E-state index contributed by atoms with van der Waals surface area (Å²) in [6.45, 7) is 6.99. The first-order valence-corrected chi connectivity index (χ1v) is 8.17. The molecule has 0 fully saturated rings. The molecule has 2 N–H and O–H groups in total. The zero-order chi connectivity index (χ0) is 16.7. The average molecular weight is 311 g/mol. The molecule has 0 aliphatic carbocycles. The lowest BCUT2D eigenvalue weighted by Crippen LogP contribution is -2.24. The summed E-state index contributed by atoms with van der Waals surface area (Å²) in [6, 6.07) is 8.07. The number of amides is 1. The maximum absolute atomic E-state index is 12.1. The van der Waals surface area contributed by atoms with Crippen LogP contribution < -0.4 is 10.6 Å². The van der Waals surface area contributed by atoms with Crippen molar-refractivity contribution in [1.82, 2.24) is 10.3 Å². The molecule has 0 radical (unpaired) electrons. The molecule has 2 rings (SSSR count). The van der Waals surface area contributed by atoms with E-state index in [0.717, 1.165) is 30.6 Å². The molecule has 0 aliphatic rings. The van der Waals surface area contributed by atoms with E-state index >= 15 is 0 Å². The molecule has 1 aromatic carbocycles. The molecule has 4 heteroatoms. The Morgan fingerprint density at radius 3 is 2.70 bits per heavy atom. The molecular weight excluding hydrogens is 286 g/mol. The number of rotatable bonds is 7. The predicted molar refractivity (Wildman–Crippen MR) is 95.3 cm³/mol. The Balaban J connectivity index is 2.03. The van der Waals surface area contributed by atoms with Crippen molar-refractivity contribution in [2.45, 2.75) is 40.0 Å². The highest BCUT2D eigenvalue weighted by Crippen LogP contribution is 2.21. The molecule has 23 heavy (non-hydrogen) atoms. The van der Waals surface area contributed by atoms with Crippen molar-refractivity contribution in [2.75, 3.05) is 11.9 Å². The molecule has 2 aromatic rings. The number of benzene rings is 1. The topological polar surface area (TPSA) is 54.0 Å². The van der Waals surface area contributed by atoms with E-state index in [-0.39, 0.29) is 5.91 Å². The van der Waals surface area contributed by atoms with Crippen molar-refractivity contribution in [1.29, 1.82) is 0 Å². The van der Waals surface area contributed by atoms with Gasteiger partial charge in [0.1, 0.15) is 0 Å². The van der Waals surface area contributed by atoms with Crippen LogP contribution >= 0.6 is 0 Å². The summed E-state index contributed by atoms with van der Waals surface area (Å²) in [7, 11) is 0. The third-order valence-electron chi connectivity index (χ3n) is 3.73. The molecule has 0 saturated carbocycles. The highest BCUT2D eigenvalue weighted by atomic mass is 16.1. The van der Waals surface area contributed by atoms with E-state index in [1.54, 1.807) is 12.4 Å². The molecule has 0 atom stereocenters. The maximum Gasteiger partial charge on any atom is 0.252 e. The van der Waals surface area contributed by atoms with E-state index in [1.165, 1.54) is 11.1 Å². The quantitative estimate of drug-likeness (QED) is 0.747. The predicted octanol–water partition coefficient (Wildman–Crippen LogP) is 4.36. The number of unbranched alkanes of at least 4 members (excludes halogenated alkanes) is 2. The zero-order valence-electron chi connectivity index (χ0n) is 14.1. The fourth-order valence-electron chi connectivity index (χ4n) is 2.42. The van der Waals surface area contributed by atoms with Crippen LogP contribution in [0.2, 0.25) is 0 Å². The number of carbonyl (C=O) groups excluding carboxylic acids is 1. The Bertz CT molecular complexity index is 667. The SMILES string of the molecule is CCCCCNC(=O)c1cncc(Nc2ccc(C)cc2C)c1. The zero-order valence-corrected chi connectivity index (χ0v) is 14.1. The number of pyridine rings is 1. The number of hydrogen-bond acceptors (Lipinski definition) is 3. The second kappa shape index (κ2) is 8.32. The first kappa shape index (κ1) is 17.0. The summed E-state index contributed by atoms with van der Waals surface area (Å²) in [5, 5.41) is 6.27. The Hall–Kier alpha value is -2.36. The van der Waals surface area contributed by atoms with Gasteiger partial charge in [-0.15, -0.1) is 0 Å². The highest BCUT2D eigenvalue weighted by molar-refractivity contribution is 5.94. The van der Waals surface area contributed by atoms with E-state index < -0.39 is 0 Å². The van der Waals surface area contributed by atoms with Crippen LogP contribution in [0.25, 0.3) is 0 Å². The second-order valence-corrected chi connectivity index (χ2v) is 5.87. The van der Waals surface area contributed by atoms with E-state index in [0.29, 0.717) is 12.1 Å². The molecule has 4 nitrogen and oxygen atoms in total. The van der Waals surface area contributed by atoms with Gasteiger partial charge in [0.05, 0.1) is 17.4 Å². The van der Waals surface area contributed by atoms with Crippen LogP contribution in [0.1, 0.15) is 47.7 Å². The molecule has 1 amide bonds. The highest BCUT2D eigenvalue weighted by Gasteiger charge is 2.07. The van der Waals surface area contributed by atoms with Crippen molar-refractivity contribution in [3.63, 3.8) is 0 Å². The molecule has 0 unspecified atom stereocenters. The Morgan fingerprint density at radius 2 is 1.96 bits per heavy atom. The van der Waals surface area contributed by atoms with Gasteiger partial charge >= 0.3 is 0 Å². The van der Waals surface area contributed by atoms with E-state index in [1.807, 2.05) is 12.1 Å². The van der Waals surface area contributed by atoms with Crippen LogP contribution in [-0.4, -0.2) is 17.4 Å². The summed E-state index contributed by atoms with van der Waals surface area (Å²) < 4.78 is 0. The number of anilines is 2. The van der Waals surface area contributed by atoms with Crippen LogP contribution in [0.15, 0.2) is 36.7 Å². The van der Waals surface area contributed by atoms with Crippen LogP contribution in [0.3, 0.4) is 0 Å². The van der Waals surface area contributed by atoms with Gasteiger partial charge in [-0.25, -0.2) is 0 Å². The minimum absolute atomic E-state index is 0.0714. The summed E-state index contributed by atoms with van der Waals surface area (Å²) in [4.78, 5) is 16.3. The summed E-state index contributed by atoms with van der Waals surface area (Å²) in [5.74, 6) is -0.0714. The molecule has 0 aliphatic heterocycles. The van der Waals surface area contributed by atoms with Gasteiger partial charge in [0.25, 0.3) is 5.91 Å². The Kier molecular flexibility index (Phi) is 6.15. The van der Waals surface area contributed by atoms with Gasteiger partial charge in [0, 0.05) is 18.4 Å². The van der Waals surface area contributed by atoms with Crippen LogP contribution in [0, 0.1) is 13.8 Å².